The predicted molar refractivity (Wildman–Crippen MR) is 208 cm³/mol. The van der Waals surface area contributed by atoms with Crippen LogP contribution in [0.3, 0.4) is 0 Å². The molecule has 0 spiro atoms. The summed E-state index contributed by atoms with van der Waals surface area (Å²) >= 11 is 0. The Morgan fingerprint density at radius 2 is 1.71 bits per heavy atom. The third-order valence-electron chi connectivity index (χ3n) is 11.5. The van der Waals surface area contributed by atoms with E-state index in [2.05, 4.69) is 15.4 Å². The summed E-state index contributed by atoms with van der Waals surface area (Å²) in [5, 5.41) is 5.74. The van der Waals surface area contributed by atoms with E-state index in [1.165, 1.54) is 4.90 Å². The molecule has 3 aromatic rings. The zero-order valence-corrected chi connectivity index (χ0v) is 33.1. The van der Waals surface area contributed by atoms with E-state index < -0.39 is 62.8 Å². The average Bonchev–Trinajstić information content (AvgIpc) is 4.07. The van der Waals surface area contributed by atoms with E-state index in [1.54, 1.807) is 27.0 Å². The van der Waals surface area contributed by atoms with Gasteiger partial charge in [-0.2, -0.15) is 0 Å². The summed E-state index contributed by atoms with van der Waals surface area (Å²) in [5.74, 6) is -1.42. The highest BCUT2D eigenvalue weighted by Crippen LogP contribution is 2.47. The molecule has 1 aromatic heterocycles. The summed E-state index contributed by atoms with van der Waals surface area (Å²) in [5.41, 5.74) is 0.701. The first-order valence-electron chi connectivity index (χ1n) is 19.7. The van der Waals surface area contributed by atoms with Crippen LogP contribution in [0.25, 0.3) is 22.2 Å². The fraction of sp³-hybridized carbons (Fsp3) is 0.537. The molecule has 1 aliphatic heterocycles. The van der Waals surface area contributed by atoms with Gasteiger partial charge in [-0.25, -0.2) is 18.2 Å². The van der Waals surface area contributed by atoms with Gasteiger partial charge in [-0.15, -0.1) is 0 Å². The lowest BCUT2D eigenvalue weighted by Crippen LogP contribution is -2.59. The summed E-state index contributed by atoms with van der Waals surface area (Å²) < 4.78 is 45.6. The van der Waals surface area contributed by atoms with Gasteiger partial charge >= 0.3 is 6.09 Å². The third kappa shape index (κ3) is 8.28. The van der Waals surface area contributed by atoms with Crippen molar-refractivity contribution in [2.75, 3.05) is 13.7 Å². The summed E-state index contributed by atoms with van der Waals surface area (Å²) in [4.78, 5) is 61.9. The van der Waals surface area contributed by atoms with Crippen LogP contribution in [0, 0.1) is 11.8 Å². The van der Waals surface area contributed by atoms with Crippen LogP contribution in [0.4, 0.5) is 4.79 Å². The molecule has 2 aromatic carbocycles. The van der Waals surface area contributed by atoms with Gasteiger partial charge < -0.3 is 29.7 Å². The number of nitrogens with zero attached hydrogens (tertiary/aromatic N) is 2. The van der Waals surface area contributed by atoms with Gasteiger partial charge in [-0.1, -0.05) is 57.5 Å². The zero-order chi connectivity index (χ0) is 39.8. The van der Waals surface area contributed by atoms with Gasteiger partial charge in [0.2, 0.25) is 21.8 Å². The maximum absolute atomic E-state index is 14.5. The number of likely N-dealkylation sites (tertiary alicyclic amines) is 1. The van der Waals surface area contributed by atoms with Crippen LogP contribution < -0.4 is 24.8 Å². The minimum absolute atomic E-state index is 0.00735. The second kappa shape index (κ2) is 15.9. The molecule has 300 valence electrons. The van der Waals surface area contributed by atoms with Gasteiger partial charge in [0.25, 0.3) is 5.91 Å². The van der Waals surface area contributed by atoms with E-state index in [0.29, 0.717) is 47.4 Å². The van der Waals surface area contributed by atoms with Crippen molar-refractivity contribution in [3.63, 3.8) is 0 Å². The van der Waals surface area contributed by atoms with Crippen molar-refractivity contribution in [3.8, 4) is 22.8 Å². The van der Waals surface area contributed by atoms with Gasteiger partial charge in [-0.05, 0) is 68.9 Å². The van der Waals surface area contributed by atoms with Crippen molar-refractivity contribution in [2.45, 2.75) is 114 Å². The van der Waals surface area contributed by atoms with Gasteiger partial charge in [0.15, 0.2) is 0 Å². The van der Waals surface area contributed by atoms with Crippen LogP contribution in [0.15, 0.2) is 54.6 Å². The Labute approximate surface area is 327 Å². The van der Waals surface area contributed by atoms with Crippen molar-refractivity contribution in [2.24, 2.45) is 11.8 Å². The number of benzene rings is 2. The van der Waals surface area contributed by atoms with E-state index in [4.69, 9.17) is 19.2 Å². The topological polar surface area (TPSA) is 182 Å². The Bertz CT molecular complexity index is 2090. The second-order valence-corrected chi connectivity index (χ2v) is 17.8. The molecule has 4 fully saturated rings. The van der Waals surface area contributed by atoms with Gasteiger partial charge in [0.05, 0.1) is 30.1 Å². The van der Waals surface area contributed by atoms with Crippen molar-refractivity contribution < 1.29 is 41.8 Å². The minimum atomic E-state index is -3.87. The summed E-state index contributed by atoms with van der Waals surface area (Å²) in [6.45, 7) is 5.47. The first-order valence-corrected chi connectivity index (χ1v) is 21.2. The predicted octanol–water partition coefficient (Wildman–Crippen LogP) is 4.85. The Morgan fingerprint density at radius 3 is 2.36 bits per heavy atom. The van der Waals surface area contributed by atoms with E-state index in [-0.39, 0.29) is 37.3 Å². The number of hydrogen-bond donors (Lipinski definition) is 3. The van der Waals surface area contributed by atoms with Crippen LogP contribution >= 0.6 is 0 Å². The fourth-order valence-electron chi connectivity index (χ4n) is 8.02. The quantitative estimate of drug-likeness (QED) is 0.204. The van der Waals surface area contributed by atoms with Crippen LogP contribution in [-0.2, 0) is 29.1 Å². The van der Waals surface area contributed by atoms with Crippen molar-refractivity contribution >= 4 is 44.7 Å². The molecular formula is C41H51N5O9S. The highest BCUT2D eigenvalue weighted by atomic mass is 32.2. The highest BCUT2D eigenvalue weighted by molar-refractivity contribution is 7.91. The largest absolute Gasteiger partial charge is 0.497 e. The minimum Gasteiger partial charge on any atom is -0.497 e. The zero-order valence-electron chi connectivity index (χ0n) is 32.3. The molecule has 5 atom stereocenters. The van der Waals surface area contributed by atoms with Crippen molar-refractivity contribution in [1.82, 2.24) is 25.2 Å². The molecule has 2 heterocycles. The monoisotopic (exact) mass is 789 g/mol. The first-order chi connectivity index (χ1) is 26.8. The van der Waals surface area contributed by atoms with Crippen molar-refractivity contribution in [1.29, 1.82) is 0 Å². The van der Waals surface area contributed by atoms with Crippen molar-refractivity contribution in [3.05, 3.63) is 54.6 Å². The van der Waals surface area contributed by atoms with E-state index in [0.717, 1.165) is 31.2 Å². The Balaban J connectivity index is 1.19. The number of fused-ring (bicyclic) bond motifs is 1. The van der Waals surface area contributed by atoms with Crippen LogP contribution in [0.1, 0.15) is 78.6 Å². The molecule has 1 saturated heterocycles. The molecule has 56 heavy (non-hydrogen) atoms. The second-order valence-electron chi connectivity index (χ2n) is 15.9. The molecule has 15 heteroatoms. The molecule has 4 aliphatic rings. The molecule has 3 N–H and O–H groups in total. The fourth-order valence-corrected chi connectivity index (χ4v) is 9.38. The highest BCUT2D eigenvalue weighted by Gasteiger charge is 2.62. The molecule has 7 rings (SSSR count). The van der Waals surface area contributed by atoms with Gasteiger partial charge in [-0.3, -0.25) is 19.1 Å². The standard InChI is InChI=1S/C41H51N5O9S/c1-5-26-22-41(26,39(49)45-56(51,52)30-16-17-30)44-37(47)34-20-29(23-46(34)38(48)36(24(2)3)43-40(50)55-27-13-9-10-14-27)54-35-21-32(25-11-7-6-8-12-25)42-33-19-28(53-4)15-18-31(33)35/h6-8,11-12,15,18-19,21,24,26-27,29-30,34,36H,5,9-10,13-14,16-17,20,22-23H2,1-4H3,(H,43,50)(H,44,47)(H,45,49)/t26?,29-,34+,36+,41-/m1/s1. The molecular weight excluding hydrogens is 739 g/mol. The lowest BCUT2D eigenvalue weighted by atomic mass is 10.0. The van der Waals surface area contributed by atoms with Crippen LogP contribution in [-0.4, -0.2) is 90.9 Å². The lowest BCUT2D eigenvalue weighted by molar-refractivity contribution is -0.141. The number of alkyl carbamates (subject to hydrolysis) is 1. The van der Waals surface area contributed by atoms with E-state index >= 15 is 0 Å². The number of nitrogens with one attached hydrogen (secondary N) is 3. The molecule has 0 radical (unpaired) electrons. The average molecular weight is 790 g/mol. The number of rotatable bonds is 14. The summed E-state index contributed by atoms with van der Waals surface area (Å²) in [6.07, 6.45) is 3.67. The molecule has 14 nitrogen and oxygen atoms in total. The number of carbonyl (C=O) groups excluding carboxylic acids is 4. The summed E-state index contributed by atoms with van der Waals surface area (Å²) in [7, 11) is -2.30. The van der Waals surface area contributed by atoms with Gasteiger partial charge in [0, 0.05) is 29.5 Å². The number of methoxy groups -OCH3 is 1. The van der Waals surface area contributed by atoms with E-state index in [1.807, 2.05) is 55.5 Å². The lowest BCUT2D eigenvalue weighted by Gasteiger charge is -2.31. The number of amides is 4. The maximum atomic E-state index is 14.5. The molecule has 3 aliphatic carbocycles. The maximum Gasteiger partial charge on any atom is 0.408 e. The number of hydrogen-bond acceptors (Lipinski definition) is 10. The van der Waals surface area contributed by atoms with Crippen LogP contribution in [0.2, 0.25) is 0 Å². The Morgan fingerprint density at radius 1 is 0.982 bits per heavy atom. The third-order valence-corrected chi connectivity index (χ3v) is 13.3. The number of sulfonamides is 1. The number of aromatic nitrogens is 1. The van der Waals surface area contributed by atoms with E-state index in [9.17, 15) is 27.6 Å². The Kier molecular flexibility index (Phi) is 11.2. The number of pyridine rings is 1. The normalized spacial score (nSPS) is 24.1. The summed E-state index contributed by atoms with van der Waals surface area (Å²) in [6, 6.07) is 14.8. The smallest absolute Gasteiger partial charge is 0.408 e. The van der Waals surface area contributed by atoms with Gasteiger partial charge in [0.1, 0.15) is 41.3 Å². The Hall–Kier alpha value is -4.92. The number of ether oxygens (including phenoxy) is 3. The molecule has 3 saturated carbocycles. The van der Waals surface area contributed by atoms with Crippen LogP contribution in [0.5, 0.6) is 11.5 Å². The molecule has 4 amide bonds. The SMILES string of the molecule is CCC1C[C@]1(NC(=O)[C@@H]1C[C@@H](Oc2cc(-c3ccccc3)nc3cc(OC)ccc23)CN1C(=O)[C@@H](NC(=O)OC1CCCC1)C(C)C)C(=O)NS(=O)(=O)C1CC1. The first kappa shape index (κ1) is 39.3. The molecule has 1 unspecified atom stereocenters. The number of carbonyl (C=O) groups is 4. The molecule has 0 bridgehead atoms.